The third kappa shape index (κ3) is 11.7. The first-order valence-electron chi connectivity index (χ1n) is 9.69. The van der Waals surface area contributed by atoms with E-state index in [1.165, 1.54) is 0 Å². The topological polar surface area (TPSA) is 96.0 Å². The summed E-state index contributed by atoms with van der Waals surface area (Å²) in [5.41, 5.74) is 0.878. The molecule has 1 aromatic rings. The highest BCUT2D eigenvalue weighted by atomic mass is 32.2. The van der Waals surface area contributed by atoms with Gasteiger partial charge in [0.05, 0.1) is 19.1 Å². The van der Waals surface area contributed by atoms with Crippen molar-refractivity contribution in [3.05, 3.63) is 35.9 Å². The van der Waals surface area contributed by atoms with Gasteiger partial charge in [0.1, 0.15) is 18.3 Å². The molecule has 0 heterocycles. The molecule has 29 heavy (non-hydrogen) atoms. The second kappa shape index (κ2) is 11.4. The smallest absolute Gasteiger partial charge is 0.264 e. The quantitative estimate of drug-likeness (QED) is 0.425. The van der Waals surface area contributed by atoms with Crippen molar-refractivity contribution in [3.8, 4) is 0 Å². The molecule has 0 bridgehead atoms. The molecule has 0 amide bonds. The minimum absolute atomic E-state index is 0.0995. The molecule has 0 saturated carbocycles. The molecule has 168 valence electrons. The van der Waals surface area contributed by atoms with Crippen molar-refractivity contribution in [3.63, 3.8) is 0 Å². The highest BCUT2D eigenvalue weighted by Crippen LogP contribution is 2.26. The van der Waals surface area contributed by atoms with E-state index in [2.05, 4.69) is 0 Å². The normalized spacial score (nSPS) is 15.2. The molecule has 0 N–H and O–H groups in total. The van der Waals surface area contributed by atoms with E-state index in [0.717, 1.165) is 18.1 Å². The molecule has 0 saturated heterocycles. The molecule has 1 aromatic carbocycles. The fourth-order valence-corrected chi connectivity index (χ4v) is 4.33. The van der Waals surface area contributed by atoms with Gasteiger partial charge in [0.2, 0.25) is 0 Å². The lowest BCUT2D eigenvalue weighted by atomic mass is 9.94. The van der Waals surface area contributed by atoms with Gasteiger partial charge in [-0.25, -0.2) is 0 Å². The lowest BCUT2D eigenvalue weighted by molar-refractivity contribution is -0.0961. The van der Waals surface area contributed by atoms with Crippen molar-refractivity contribution < 1.29 is 29.9 Å². The molecule has 0 aliphatic carbocycles. The molecule has 0 aliphatic rings. The van der Waals surface area contributed by atoms with E-state index in [9.17, 15) is 16.8 Å². The van der Waals surface area contributed by atoms with Crippen LogP contribution in [0.25, 0.3) is 0 Å². The van der Waals surface area contributed by atoms with Crippen LogP contribution in [0.1, 0.15) is 46.1 Å². The van der Waals surface area contributed by atoms with E-state index in [4.69, 9.17) is 13.1 Å². The van der Waals surface area contributed by atoms with Crippen molar-refractivity contribution in [2.45, 2.75) is 65.5 Å². The first-order chi connectivity index (χ1) is 13.3. The Morgan fingerprint density at radius 1 is 0.759 bits per heavy atom. The van der Waals surface area contributed by atoms with Crippen LogP contribution in [-0.2, 0) is 39.9 Å². The molecule has 2 atom stereocenters. The predicted molar refractivity (Wildman–Crippen MR) is 113 cm³/mol. The Labute approximate surface area is 176 Å². The summed E-state index contributed by atoms with van der Waals surface area (Å²) in [5.74, 6) is 0.199. The zero-order valence-corrected chi connectivity index (χ0v) is 19.7. The predicted octanol–water partition coefficient (Wildman–Crippen LogP) is 3.35. The molecule has 0 radical (unpaired) electrons. The highest BCUT2D eigenvalue weighted by Gasteiger charge is 2.37. The molecule has 0 spiro atoms. The summed E-state index contributed by atoms with van der Waals surface area (Å²) in [6.07, 6.45) is 0.0537. The maximum absolute atomic E-state index is 11.9. The van der Waals surface area contributed by atoms with Crippen LogP contribution < -0.4 is 0 Å². The zero-order valence-electron chi connectivity index (χ0n) is 18.1. The summed E-state index contributed by atoms with van der Waals surface area (Å²) in [5, 5.41) is 0. The Balaban J connectivity index is 3.28. The molecule has 0 aliphatic heterocycles. The second-order valence-electron chi connectivity index (χ2n) is 8.20. The Morgan fingerprint density at radius 2 is 1.17 bits per heavy atom. The number of benzene rings is 1. The fourth-order valence-electron chi connectivity index (χ4n) is 3.06. The summed E-state index contributed by atoms with van der Waals surface area (Å²) >= 11 is 0. The van der Waals surface area contributed by atoms with Crippen LogP contribution in [0.3, 0.4) is 0 Å². The van der Waals surface area contributed by atoms with Gasteiger partial charge >= 0.3 is 0 Å². The first-order valence-corrected chi connectivity index (χ1v) is 13.3. The molecule has 0 fully saturated rings. The van der Waals surface area contributed by atoms with Crippen LogP contribution in [0.5, 0.6) is 0 Å². The van der Waals surface area contributed by atoms with Crippen molar-refractivity contribution in [2.24, 2.45) is 11.8 Å². The lowest BCUT2D eigenvalue weighted by Crippen LogP contribution is -2.45. The maximum atomic E-state index is 11.9. The Bertz CT molecular complexity index is 754. The Hall–Kier alpha value is -1.00. The van der Waals surface area contributed by atoms with Crippen molar-refractivity contribution >= 4 is 20.2 Å². The van der Waals surface area contributed by atoms with E-state index in [1.807, 2.05) is 58.0 Å². The summed E-state index contributed by atoms with van der Waals surface area (Å²) in [6.45, 7) is 7.90. The first kappa shape index (κ1) is 26.0. The van der Waals surface area contributed by atoms with Crippen molar-refractivity contribution in [2.75, 3.05) is 12.5 Å². The SMILES string of the molecule is CC(C)C[C@@H](OS(C)(=O)=O)C(OCc1ccccc1)[C@@H](CC(C)C)OS(C)(=O)=O. The minimum Gasteiger partial charge on any atom is -0.368 e. The van der Waals surface area contributed by atoms with Gasteiger partial charge in [-0.15, -0.1) is 0 Å². The van der Waals surface area contributed by atoms with Crippen molar-refractivity contribution in [1.29, 1.82) is 0 Å². The van der Waals surface area contributed by atoms with Gasteiger partial charge in [-0.3, -0.25) is 8.37 Å². The zero-order chi connectivity index (χ0) is 22.2. The number of rotatable bonds is 13. The second-order valence-corrected chi connectivity index (χ2v) is 11.4. The number of hydrogen-bond donors (Lipinski definition) is 0. The summed E-state index contributed by atoms with van der Waals surface area (Å²) < 4.78 is 64.3. The van der Waals surface area contributed by atoms with Crippen LogP contribution in [0, 0.1) is 11.8 Å². The van der Waals surface area contributed by atoms with Crippen LogP contribution in [0.2, 0.25) is 0 Å². The van der Waals surface area contributed by atoms with Gasteiger partial charge in [0.25, 0.3) is 20.2 Å². The average Bonchev–Trinajstić information content (AvgIpc) is 2.51. The van der Waals surface area contributed by atoms with Gasteiger partial charge in [0, 0.05) is 0 Å². The van der Waals surface area contributed by atoms with Gasteiger partial charge in [-0.2, -0.15) is 16.8 Å². The molecule has 9 heteroatoms. The Morgan fingerprint density at radius 3 is 1.52 bits per heavy atom. The van der Waals surface area contributed by atoms with E-state index >= 15 is 0 Å². The van der Waals surface area contributed by atoms with Gasteiger partial charge < -0.3 is 4.74 Å². The van der Waals surface area contributed by atoms with E-state index in [-0.39, 0.29) is 18.4 Å². The van der Waals surface area contributed by atoms with E-state index in [1.54, 1.807) is 0 Å². The molecule has 7 nitrogen and oxygen atoms in total. The van der Waals surface area contributed by atoms with E-state index in [0.29, 0.717) is 12.8 Å². The number of hydrogen-bond acceptors (Lipinski definition) is 7. The fraction of sp³-hybridized carbons (Fsp3) is 0.700. The number of ether oxygens (including phenoxy) is 1. The highest BCUT2D eigenvalue weighted by molar-refractivity contribution is 7.86. The Kier molecular flexibility index (Phi) is 10.2. The van der Waals surface area contributed by atoms with Gasteiger partial charge in [-0.1, -0.05) is 58.0 Å². The monoisotopic (exact) mass is 450 g/mol. The van der Waals surface area contributed by atoms with E-state index < -0.39 is 38.5 Å². The molecule has 0 unspecified atom stereocenters. The van der Waals surface area contributed by atoms with Gasteiger partial charge in [-0.05, 0) is 30.2 Å². The minimum atomic E-state index is -3.79. The van der Waals surface area contributed by atoms with Crippen LogP contribution in [0.4, 0.5) is 0 Å². The van der Waals surface area contributed by atoms with Crippen LogP contribution >= 0.6 is 0 Å². The summed E-state index contributed by atoms with van der Waals surface area (Å²) in [7, 11) is -7.58. The molecule has 1 rings (SSSR count). The summed E-state index contributed by atoms with van der Waals surface area (Å²) in [4.78, 5) is 0. The average molecular weight is 451 g/mol. The van der Waals surface area contributed by atoms with Crippen LogP contribution in [0.15, 0.2) is 30.3 Å². The maximum Gasteiger partial charge on any atom is 0.264 e. The van der Waals surface area contributed by atoms with Gasteiger partial charge in [0.15, 0.2) is 0 Å². The molecule has 0 aromatic heterocycles. The van der Waals surface area contributed by atoms with Crippen molar-refractivity contribution in [1.82, 2.24) is 0 Å². The lowest BCUT2D eigenvalue weighted by Gasteiger charge is -2.33. The molecular weight excluding hydrogens is 416 g/mol. The largest absolute Gasteiger partial charge is 0.368 e. The third-order valence-electron chi connectivity index (χ3n) is 4.02. The standard InChI is InChI=1S/C20H34O7S2/c1-15(2)12-18(26-28(5,21)22)20(25-14-17-10-8-7-9-11-17)19(13-16(3)4)27-29(6,23)24/h7-11,15-16,18-20H,12-14H2,1-6H3/t18-,19-/m1/s1. The molecular formula is C20H34O7S2. The third-order valence-corrected chi connectivity index (χ3v) is 5.22. The van der Waals surface area contributed by atoms with Crippen LogP contribution in [-0.4, -0.2) is 47.7 Å². The summed E-state index contributed by atoms with van der Waals surface area (Å²) in [6, 6.07) is 9.36.